The van der Waals surface area contributed by atoms with Crippen molar-refractivity contribution in [3.05, 3.63) is 42.2 Å². The van der Waals surface area contributed by atoms with Gasteiger partial charge in [-0.05, 0) is 29.4 Å². The largest absolute Gasteiger partial charge is 0.264 e. The van der Waals surface area contributed by atoms with Crippen molar-refractivity contribution >= 4 is 10.8 Å². The van der Waals surface area contributed by atoms with E-state index in [1.54, 1.807) is 0 Å². The maximum Gasteiger partial charge on any atom is 0.0346 e. The first-order valence-corrected chi connectivity index (χ1v) is 6.15. The Morgan fingerprint density at radius 1 is 1.19 bits per heavy atom. The molecule has 0 bridgehead atoms. The molecule has 0 spiro atoms. The van der Waals surface area contributed by atoms with Crippen molar-refractivity contribution in [1.82, 2.24) is 4.98 Å². The van der Waals surface area contributed by atoms with E-state index in [4.69, 9.17) is 0 Å². The molecule has 0 amide bonds. The van der Waals surface area contributed by atoms with Gasteiger partial charge in [0.25, 0.3) is 0 Å². The maximum absolute atomic E-state index is 4.14. The first-order valence-electron chi connectivity index (χ1n) is 6.15. The zero-order chi connectivity index (χ0) is 12.0. The lowest BCUT2D eigenvalue weighted by Crippen LogP contribution is -1.92. The van der Waals surface area contributed by atoms with Gasteiger partial charge in [-0.1, -0.05) is 45.9 Å². The number of aromatic nitrogens is 1. The highest BCUT2D eigenvalue weighted by molar-refractivity contribution is 5.85. The van der Waals surface area contributed by atoms with Gasteiger partial charge in [-0.3, -0.25) is 4.98 Å². The summed E-state index contributed by atoms with van der Waals surface area (Å²) < 4.78 is 0. The number of fused-ring (bicyclic) bond motifs is 1. The van der Waals surface area contributed by atoms with Gasteiger partial charge in [0.2, 0.25) is 0 Å². The van der Waals surface area contributed by atoms with Crippen molar-refractivity contribution in [1.29, 1.82) is 0 Å². The molecule has 0 saturated heterocycles. The van der Waals surface area contributed by atoms with Crippen LogP contribution >= 0.6 is 0 Å². The van der Waals surface area contributed by atoms with Gasteiger partial charge >= 0.3 is 0 Å². The molecule has 0 N–H and O–H groups in total. The van der Waals surface area contributed by atoms with Crippen LogP contribution in [0.3, 0.4) is 0 Å². The number of hydrogen-bond donors (Lipinski definition) is 0. The van der Waals surface area contributed by atoms with Crippen LogP contribution < -0.4 is 0 Å². The Labute approximate surface area is 98.5 Å². The molecule has 1 aromatic heterocycles. The predicted octanol–water partition coefficient (Wildman–Crippen LogP) is 4.77. The van der Waals surface area contributed by atoms with Gasteiger partial charge in [0.05, 0.1) is 0 Å². The fraction of sp³-hybridized carbons (Fsp3) is 0.400. The first kappa shape index (κ1) is 12.7. The molecule has 2 aromatic rings. The van der Waals surface area contributed by atoms with Gasteiger partial charge in [0.15, 0.2) is 0 Å². The summed E-state index contributed by atoms with van der Waals surface area (Å²) in [7, 11) is 0. The summed E-state index contributed by atoms with van der Waals surface area (Å²) in [5.41, 5.74) is 1.44. The Morgan fingerprint density at radius 2 is 1.94 bits per heavy atom. The third-order valence-electron chi connectivity index (χ3n) is 2.86. The van der Waals surface area contributed by atoms with E-state index in [9.17, 15) is 0 Å². The van der Waals surface area contributed by atoms with Crippen LogP contribution in [0.15, 0.2) is 36.7 Å². The molecule has 1 unspecified atom stereocenters. The molecule has 86 valence electrons. The molecular weight excluding hydrogens is 194 g/mol. The molecule has 1 heterocycles. The molecule has 1 nitrogen and oxygen atoms in total. The van der Waals surface area contributed by atoms with Gasteiger partial charge in [0, 0.05) is 17.8 Å². The van der Waals surface area contributed by atoms with E-state index in [2.05, 4.69) is 43.1 Å². The normalized spacial score (nSPS) is 11.8. The number of nitrogens with zero attached hydrogens (tertiary/aromatic N) is 1. The zero-order valence-electron chi connectivity index (χ0n) is 10.7. The molecule has 1 heteroatoms. The quantitative estimate of drug-likeness (QED) is 0.703. The third kappa shape index (κ3) is 2.60. The molecule has 16 heavy (non-hydrogen) atoms. The fourth-order valence-corrected chi connectivity index (χ4v) is 1.80. The second-order valence-corrected chi connectivity index (χ2v) is 3.75. The predicted molar refractivity (Wildman–Crippen MR) is 71.8 cm³/mol. The summed E-state index contributed by atoms with van der Waals surface area (Å²) in [5.74, 6) is 0.626. The topological polar surface area (TPSA) is 12.9 Å². The highest BCUT2D eigenvalue weighted by atomic mass is 14.6. The van der Waals surface area contributed by atoms with Crippen molar-refractivity contribution in [3.8, 4) is 0 Å². The molecule has 0 radical (unpaired) electrons. The molecular formula is C15H21N. The Morgan fingerprint density at radius 3 is 2.62 bits per heavy atom. The average molecular weight is 215 g/mol. The Hall–Kier alpha value is -1.37. The second kappa shape index (κ2) is 6.26. The fourth-order valence-electron chi connectivity index (χ4n) is 1.80. The molecule has 1 atom stereocenters. The van der Waals surface area contributed by atoms with E-state index in [0.717, 1.165) is 0 Å². The summed E-state index contributed by atoms with van der Waals surface area (Å²) >= 11 is 0. The van der Waals surface area contributed by atoms with Crippen LogP contribution in [0.5, 0.6) is 0 Å². The van der Waals surface area contributed by atoms with Crippen LogP contribution in [0.25, 0.3) is 10.8 Å². The maximum atomic E-state index is 4.14. The van der Waals surface area contributed by atoms with Crippen LogP contribution in [0, 0.1) is 0 Å². The van der Waals surface area contributed by atoms with Gasteiger partial charge in [-0.2, -0.15) is 0 Å². The van der Waals surface area contributed by atoms with Crippen molar-refractivity contribution in [2.45, 2.75) is 40.0 Å². The SMILES string of the molecule is CC.CCC(C)c1cccc2cnccc12. The Bertz CT molecular complexity index is 429. The first-order chi connectivity index (χ1) is 7.83. The van der Waals surface area contributed by atoms with Crippen LogP contribution in [0.2, 0.25) is 0 Å². The van der Waals surface area contributed by atoms with Gasteiger partial charge in [0.1, 0.15) is 0 Å². The average Bonchev–Trinajstić information content (AvgIpc) is 2.39. The van der Waals surface area contributed by atoms with Crippen LogP contribution in [-0.2, 0) is 0 Å². The van der Waals surface area contributed by atoms with Crippen LogP contribution in [0.4, 0.5) is 0 Å². The Balaban J connectivity index is 0.000000606. The lowest BCUT2D eigenvalue weighted by molar-refractivity contribution is 0.739. The number of rotatable bonds is 2. The molecule has 0 aliphatic heterocycles. The summed E-state index contributed by atoms with van der Waals surface area (Å²) in [6.45, 7) is 8.50. The van der Waals surface area contributed by atoms with E-state index in [0.29, 0.717) is 5.92 Å². The van der Waals surface area contributed by atoms with Gasteiger partial charge in [-0.15, -0.1) is 0 Å². The smallest absolute Gasteiger partial charge is 0.0346 e. The van der Waals surface area contributed by atoms with E-state index < -0.39 is 0 Å². The number of pyridine rings is 1. The van der Waals surface area contributed by atoms with Crippen LogP contribution in [-0.4, -0.2) is 4.98 Å². The molecule has 0 saturated carbocycles. The summed E-state index contributed by atoms with van der Waals surface area (Å²) in [4.78, 5) is 4.14. The van der Waals surface area contributed by atoms with Crippen molar-refractivity contribution in [3.63, 3.8) is 0 Å². The molecule has 0 fully saturated rings. The highest BCUT2D eigenvalue weighted by Crippen LogP contribution is 2.26. The third-order valence-corrected chi connectivity index (χ3v) is 2.86. The summed E-state index contributed by atoms with van der Waals surface area (Å²) in [6.07, 6.45) is 4.98. The van der Waals surface area contributed by atoms with Gasteiger partial charge < -0.3 is 0 Å². The van der Waals surface area contributed by atoms with Crippen molar-refractivity contribution in [2.24, 2.45) is 0 Å². The minimum absolute atomic E-state index is 0.626. The Kier molecular flexibility index (Phi) is 4.97. The van der Waals surface area contributed by atoms with E-state index >= 15 is 0 Å². The monoisotopic (exact) mass is 215 g/mol. The van der Waals surface area contributed by atoms with Gasteiger partial charge in [-0.25, -0.2) is 0 Å². The molecule has 0 aliphatic carbocycles. The molecule has 0 aliphatic rings. The summed E-state index contributed by atoms with van der Waals surface area (Å²) in [6, 6.07) is 8.56. The summed E-state index contributed by atoms with van der Waals surface area (Å²) in [5, 5.41) is 2.59. The van der Waals surface area contributed by atoms with Crippen molar-refractivity contribution < 1.29 is 0 Å². The number of benzene rings is 1. The molecule has 2 rings (SSSR count). The van der Waals surface area contributed by atoms with Crippen LogP contribution in [0.1, 0.15) is 45.6 Å². The minimum atomic E-state index is 0.626. The lowest BCUT2D eigenvalue weighted by Gasteiger charge is -2.11. The van der Waals surface area contributed by atoms with Crippen molar-refractivity contribution in [2.75, 3.05) is 0 Å². The van der Waals surface area contributed by atoms with E-state index in [1.165, 1.54) is 22.8 Å². The van der Waals surface area contributed by atoms with E-state index in [1.807, 2.05) is 26.2 Å². The standard InChI is InChI=1S/C13H15N.C2H6/c1-3-10(2)12-6-4-5-11-9-14-8-7-13(11)12;1-2/h4-10H,3H2,1-2H3;1-2H3. The number of hydrogen-bond acceptors (Lipinski definition) is 1. The zero-order valence-corrected chi connectivity index (χ0v) is 10.7. The van der Waals surface area contributed by atoms with E-state index in [-0.39, 0.29) is 0 Å². The second-order valence-electron chi connectivity index (χ2n) is 3.75. The lowest BCUT2D eigenvalue weighted by atomic mass is 9.94. The highest BCUT2D eigenvalue weighted by Gasteiger charge is 2.06. The minimum Gasteiger partial charge on any atom is -0.264 e. The molecule has 1 aromatic carbocycles.